The second-order valence-corrected chi connectivity index (χ2v) is 7.47. The molecule has 3 N–H and O–H groups in total. The van der Waals surface area contributed by atoms with Crippen molar-refractivity contribution in [1.29, 1.82) is 0 Å². The fourth-order valence-corrected chi connectivity index (χ4v) is 4.37. The average Bonchev–Trinajstić information content (AvgIpc) is 3.32. The third-order valence-corrected chi connectivity index (χ3v) is 5.84. The quantitative estimate of drug-likeness (QED) is 0.734. The molecule has 2 aliphatic rings. The Kier molecular flexibility index (Phi) is 3.93. The van der Waals surface area contributed by atoms with Gasteiger partial charge in [0.05, 0.1) is 17.6 Å². The summed E-state index contributed by atoms with van der Waals surface area (Å²) >= 11 is 0. The van der Waals surface area contributed by atoms with E-state index in [4.69, 9.17) is 15.7 Å². The van der Waals surface area contributed by atoms with Crippen molar-refractivity contribution in [3.8, 4) is 0 Å². The molecule has 1 fully saturated rings. The molecular formula is C19H24N8. The molecule has 27 heavy (non-hydrogen) atoms. The van der Waals surface area contributed by atoms with Crippen molar-refractivity contribution in [3.05, 3.63) is 30.2 Å². The lowest BCUT2D eigenvalue weighted by Crippen LogP contribution is -2.42. The smallest absolute Gasteiger partial charge is 0.183 e. The number of aromatic nitrogens is 5. The number of likely N-dealkylation sites (N-methyl/N-ethyl adjacent to an activating group) is 1. The summed E-state index contributed by atoms with van der Waals surface area (Å²) in [4.78, 5) is 18.3. The molecule has 1 saturated carbocycles. The van der Waals surface area contributed by atoms with Crippen LogP contribution in [0.25, 0.3) is 11.2 Å². The van der Waals surface area contributed by atoms with Crippen molar-refractivity contribution in [2.75, 3.05) is 23.4 Å². The summed E-state index contributed by atoms with van der Waals surface area (Å²) in [6.45, 7) is 0.902. The fraction of sp³-hybridized carbons (Fsp3) is 0.474. The number of aromatic amines is 1. The number of fused-ring (bicyclic) bond motifs is 2. The highest BCUT2D eigenvalue weighted by molar-refractivity contribution is 5.87. The van der Waals surface area contributed by atoms with Gasteiger partial charge in [-0.15, -0.1) is 0 Å². The molecule has 1 aliphatic heterocycles. The van der Waals surface area contributed by atoms with Crippen molar-refractivity contribution in [3.63, 3.8) is 0 Å². The Balaban J connectivity index is 1.50. The molecule has 5 rings (SSSR count). The van der Waals surface area contributed by atoms with Crippen molar-refractivity contribution < 1.29 is 0 Å². The van der Waals surface area contributed by atoms with E-state index in [1.165, 1.54) is 6.42 Å². The van der Waals surface area contributed by atoms with Crippen LogP contribution in [0.4, 0.5) is 17.3 Å². The molecule has 1 aliphatic carbocycles. The molecule has 0 bridgehead atoms. The lowest BCUT2D eigenvalue weighted by molar-refractivity contribution is 0.568. The number of anilines is 3. The first-order chi connectivity index (χ1) is 13.2. The monoisotopic (exact) mass is 364 g/mol. The second-order valence-electron chi connectivity index (χ2n) is 7.47. The zero-order chi connectivity index (χ0) is 18.4. The van der Waals surface area contributed by atoms with Gasteiger partial charge in [0.15, 0.2) is 17.0 Å². The van der Waals surface area contributed by atoms with Crippen LogP contribution in [-0.2, 0) is 6.42 Å². The maximum absolute atomic E-state index is 6.25. The number of rotatable bonds is 3. The third-order valence-electron chi connectivity index (χ3n) is 5.84. The Morgan fingerprint density at radius 2 is 2.19 bits per heavy atom. The van der Waals surface area contributed by atoms with Crippen LogP contribution in [0.3, 0.4) is 0 Å². The Morgan fingerprint density at radius 1 is 1.26 bits per heavy atom. The van der Waals surface area contributed by atoms with Gasteiger partial charge in [0.25, 0.3) is 0 Å². The van der Waals surface area contributed by atoms with Crippen molar-refractivity contribution in [2.24, 2.45) is 5.73 Å². The summed E-state index contributed by atoms with van der Waals surface area (Å²) in [6, 6.07) is 4.58. The largest absolute Gasteiger partial charge is 0.354 e. The molecule has 0 radical (unpaired) electrons. The molecule has 8 nitrogen and oxygen atoms in total. The van der Waals surface area contributed by atoms with Gasteiger partial charge < -0.3 is 15.5 Å². The van der Waals surface area contributed by atoms with E-state index in [1.54, 1.807) is 0 Å². The van der Waals surface area contributed by atoms with Crippen LogP contribution in [0.15, 0.2) is 24.5 Å². The number of H-pyrrole nitrogens is 1. The van der Waals surface area contributed by atoms with E-state index in [2.05, 4.69) is 38.1 Å². The molecule has 0 amide bonds. The van der Waals surface area contributed by atoms with Gasteiger partial charge in [-0.05, 0) is 44.2 Å². The minimum absolute atomic E-state index is 0.196. The van der Waals surface area contributed by atoms with Crippen LogP contribution in [0.5, 0.6) is 0 Å². The molecular weight excluding hydrogens is 340 g/mol. The van der Waals surface area contributed by atoms with Gasteiger partial charge in [0, 0.05) is 31.9 Å². The summed E-state index contributed by atoms with van der Waals surface area (Å²) in [5, 5.41) is 7.61. The fourth-order valence-electron chi connectivity index (χ4n) is 4.37. The zero-order valence-electron chi connectivity index (χ0n) is 15.5. The molecule has 0 saturated heterocycles. The van der Waals surface area contributed by atoms with Gasteiger partial charge in [-0.1, -0.05) is 0 Å². The van der Waals surface area contributed by atoms with Gasteiger partial charge >= 0.3 is 0 Å². The van der Waals surface area contributed by atoms with E-state index in [-0.39, 0.29) is 6.04 Å². The molecule has 2 atom stereocenters. The van der Waals surface area contributed by atoms with Crippen molar-refractivity contribution in [2.45, 2.75) is 44.2 Å². The van der Waals surface area contributed by atoms with E-state index in [1.807, 2.05) is 18.5 Å². The number of nitrogens with zero attached hydrogens (tertiary/aromatic N) is 6. The van der Waals surface area contributed by atoms with Crippen molar-refractivity contribution in [1.82, 2.24) is 25.1 Å². The molecule has 4 heterocycles. The van der Waals surface area contributed by atoms with Gasteiger partial charge in [-0.25, -0.2) is 9.97 Å². The Morgan fingerprint density at radius 3 is 3.04 bits per heavy atom. The number of pyridine rings is 1. The van der Waals surface area contributed by atoms with Crippen molar-refractivity contribution >= 4 is 28.5 Å². The Hall–Kier alpha value is -2.74. The van der Waals surface area contributed by atoms with Gasteiger partial charge in [0.1, 0.15) is 5.82 Å². The van der Waals surface area contributed by atoms with Crippen LogP contribution < -0.4 is 15.5 Å². The maximum Gasteiger partial charge on any atom is 0.183 e. The molecule has 8 heteroatoms. The minimum atomic E-state index is 0.196. The predicted molar refractivity (Wildman–Crippen MR) is 105 cm³/mol. The van der Waals surface area contributed by atoms with E-state index in [9.17, 15) is 0 Å². The normalized spacial score (nSPS) is 22.2. The van der Waals surface area contributed by atoms with Crippen LogP contribution in [0.1, 0.15) is 31.4 Å². The summed E-state index contributed by atoms with van der Waals surface area (Å²) < 4.78 is 0. The molecule has 0 aromatic carbocycles. The summed E-state index contributed by atoms with van der Waals surface area (Å²) in [5.41, 5.74) is 9.97. The standard InChI is InChI=1S/C19H24N8/c1-26(14-7-2-5-12(14)20)16-11-22-17-18(23-16)24-25-19(17)27-10-4-6-13-15(27)8-3-9-21-13/h3,8-9,11-12,14H,2,4-7,10,20H2,1H3,(H,23,24,25)/t12-,14+/m1/s1. The van der Waals surface area contributed by atoms with E-state index < -0.39 is 0 Å². The highest BCUT2D eigenvalue weighted by atomic mass is 15.3. The highest BCUT2D eigenvalue weighted by Gasteiger charge is 2.29. The Labute approximate surface area is 157 Å². The summed E-state index contributed by atoms with van der Waals surface area (Å²) in [5.74, 6) is 1.65. The number of hydrogen-bond donors (Lipinski definition) is 2. The second kappa shape index (κ2) is 6.45. The van der Waals surface area contributed by atoms with Crippen LogP contribution in [0.2, 0.25) is 0 Å². The first-order valence-corrected chi connectivity index (χ1v) is 9.63. The maximum atomic E-state index is 6.25. The first kappa shape index (κ1) is 16.4. The number of aryl methyl sites for hydroxylation is 1. The Bertz CT molecular complexity index is 967. The lowest BCUT2D eigenvalue weighted by atomic mass is 10.1. The van der Waals surface area contributed by atoms with E-state index >= 15 is 0 Å². The minimum Gasteiger partial charge on any atom is -0.354 e. The number of nitrogens with two attached hydrogens (primary N) is 1. The summed E-state index contributed by atoms with van der Waals surface area (Å²) in [7, 11) is 2.05. The van der Waals surface area contributed by atoms with Gasteiger partial charge in [0.2, 0.25) is 0 Å². The highest BCUT2D eigenvalue weighted by Crippen LogP contribution is 2.34. The summed E-state index contributed by atoms with van der Waals surface area (Å²) in [6.07, 6.45) is 9.07. The van der Waals surface area contributed by atoms with E-state index in [0.29, 0.717) is 11.7 Å². The molecule has 3 aromatic heterocycles. The van der Waals surface area contributed by atoms with Crippen LogP contribution >= 0.6 is 0 Å². The molecule has 0 unspecified atom stereocenters. The first-order valence-electron chi connectivity index (χ1n) is 9.63. The topological polar surface area (TPSA) is 99.9 Å². The van der Waals surface area contributed by atoms with Crippen LogP contribution in [0, 0.1) is 0 Å². The molecule has 140 valence electrons. The number of nitrogens with one attached hydrogen (secondary N) is 1. The molecule has 0 spiro atoms. The SMILES string of the molecule is CN(c1cnc2c(N3CCCc4ncccc43)n[nH]c2n1)[C@H]1CCC[C@H]1N. The average molecular weight is 364 g/mol. The van der Waals surface area contributed by atoms with Gasteiger partial charge in [-0.3, -0.25) is 10.1 Å². The van der Waals surface area contributed by atoms with Crippen LogP contribution in [-0.4, -0.2) is 50.8 Å². The van der Waals surface area contributed by atoms with Gasteiger partial charge in [-0.2, -0.15) is 5.10 Å². The lowest BCUT2D eigenvalue weighted by Gasteiger charge is -2.29. The number of hydrogen-bond acceptors (Lipinski definition) is 7. The van der Waals surface area contributed by atoms with E-state index in [0.717, 1.165) is 60.8 Å². The third kappa shape index (κ3) is 2.71. The zero-order valence-corrected chi connectivity index (χ0v) is 15.5. The predicted octanol–water partition coefficient (Wildman–Crippen LogP) is 2.15. The molecule has 3 aromatic rings.